The van der Waals surface area contributed by atoms with Crippen LogP contribution in [0, 0.1) is 29.4 Å². The molecule has 28 heteroatoms. The van der Waals surface area contributed by atoms with Crippen LogP contribution >= 0.6 is 11.6 Å². The maximum Gasteiger partial charge on any atom is 0.435 e. The predicted octanol–water partition coefficient (Wildman–Crippen LogP) is 7.89. The Bertz CT molecular complexity index is 3400. The number of benzene rings is 2. The molecule has 76 heavy (non-hydrogen) atoms. The zero-order chi connectivity index (χ0) is 55.7. The average Bonchev–Trinajstić information content (AvgIpc) is 4.14. The molecule has 8 rings (SSSR count). The largest absolute Gasteiger partial charge is 0.435 e. The van der Waals surface area contributed by atoms with Crippen molar-refractivity contribution in [3.05, 3.63) is 93.0 Å². The molecule has 0 bridgehead atoms. The molecule has 2 aliphatic carbocycles. The number of nitrogens with zero attached hydrogens (tertiary/aromatic N) is 7. The zero-order valence-corrected chi connectivity index (χ0v) is 43.1. The van der Waals surface area contributed by atoms with Gasteiger partial charge in [-0.1, -0.05) is 29.7 Å². The SMILES string of the molecule is CC(C)(CCc1ccc(-c2ccc(Cl)c3c(N(C(=O)CCN4CCOCC4)S(C)(=O)=O)nn(CC(F)(F)F)c23)c([C@H](Cc2cc(F)cc(F)c2)NC(=O)Cn2nc(C(F)(F)F)c3c2C(F)(F)[C@@H]2CC#C[C@H]32)n1)S(C)(=O)=O. The molecule has 0 radical (unpaired) electrons. The summed E-state index contributed by atoms with van der Waals surface area (Å²) in [6, 6.07) is 5.40. The van der Waals surface area contributed by atoms with Crippen molar-refractivity contribution in [1.29, 1.82) is 0 Å². The highest BCUT2D eigenvalue weighted by Gasteiger charge is 2.61. The number of halogens is 11. The van der Waals surface area contributed by atoms with Gasteiger partial charge < -0.3 is 10.1 Å². The molecule has 3 aliphatic rings. The smallest absolute Gasteiger partial charge is 0.379 e. The predicted molar refractivity (Wildman–Crippen MR) is 256 cm³/mol. The van der Waals surface area contributed by atoms with Crippen LogP contribution in [0.15, 0.2) is 42.5 Å². The van der Waals surface area contributed by atoms with E-state index in [0.717, 1.165) is 24.5 Å². The van der Waals surface area contributed by atoms with Crippen LogP contribution in [0.2, 0.25) is 5.02 Å². The first-order chi connectivity index (χ1) is 35.2. The lowest BCUT2D eigenvalue weighted by atomic mass is 9.93. The van der Waals surface area contributed by atoms with Crippen LogP contribution in [0.4, 0.5) is 49.7 Å². The Hall–Kier alpha value is -5.82. The minimum Gasteiger partial charge on any atom is -0.379 e. The Kier molecular flexibility index (Phi) is 15.2. The number of aryl methyl sites for hydroxylation is 1. The van der Waals surface area contributed by atoms with Crippen molar-refractivity contribution in [2.24, 2.45) is 5.92 Å². The molecule has 0 saturated carbocycles. The lowest BCUT2D eigenvalue weighted by Gasteiger charge is -2.27. The van der Waals surface area contributed by atoms with E-state index in [1.807, 2.05) is 0 Å². The second kappa shape index (κ2) is 20.5. The zero-order valence-electron chi connectivity index (χ0n) is 40.7. The summed E-state index contributed by atoms with van der Waals surface area (Å²) in [4.78, 5) is 34.9. The van der Waals surface area contributed by atoms with Gasteiger partial charge in [0.05, 0.1) is 63.7 Å². The highest BCUT2D eigenvalue weighted by molar-refractivity contribution is 7.93. The molecular formula is C48H47ClF10N8O7S2. The van der Waals surface area contributed by atoms with Crippen LogP contribution in [0.25, 0.3) is 22.0 Å². The number of carbonyl (C=O) groups excluding carboxylic acids is 2. The van der Waals surface area contributed by atoms with Crippen LogP contribution in [-0.4, -0.2) is 114 Å². The molecular weight excluding hydrogens is 1090 g/mol. The van der Waals surface area contributed by atoms with Gasteiger partial charge in [0.25, 0.3) is 5.92 Å². The van der Waals surface area contributed by atoms with Crippen LogP contribution in [-0.2, 0) is 72.2 Å². The van der Waals surface area contributed by atoms with Gasteiger partial charge >= 0.3 is 12.4 Å². The molecule has 2 aromatic carbocycles. The fourth-order valence-electron chi connectivity index (χ4n) is 9.60. The molecule has 1 N–H and O–H groups in total. The normalized spacial score (nSPS) is 18.3. The monoisotopic (exact) mass is 1140 g/mol. The number of sulfone groups is 1. The number of sulfonamides is 1. The van der Waals surface area contributed by atoms with E-state index >= 15 is 8.78 Å². The minimum absolute atomic E-state index is 0.0178. The molecule has 2 amide bonds. The van der Waals surface area contributed by atoms with E-state index in [1.165, 1.54) is 32.0 Å². The van der Waals surface area contributed by atoms with E-state index in [-0.39, 0.29) is 56.5 Å². The molecule has 15 nitrogen and oxygen atoms in total. The maximum absolute atomic E-state index is 16.1. The number of morpholine rings is 1. The first kappa shape index (κ1) is 56.4. The molecule has 1 saturated heterocycles. The van der Waals surface area contributed by atoms with E-state index in [2.05, 4.69) is 27.4 Å². The summed E-state index contributed by atoms with van der Waals surface area (Å²) in [6.07, 6.45) is -10.6. The van der Waals surface area contributed by atoms with Crippen molar-refractivity contribution in [3.8, 4) is 23.0 Å². The van der Waals surface area contributed by atoms with Crippen molar-refractivity contribution in [3.63, 3.8) is 0 Å². The van der Waals surface area contributed by atoms with Crippen LogP contribution in [0.3, 0.4) is 0 Å². The number of fused-ring (bicyclic) bond motifs is 4. The van der Waals surface area contributed by atoms with Gasteiger partial charge in [0.2, 0.25) is 21.8 Å². The number of anilines is 1. The second-order valence-electron chi connectivity index (χ2n) is 19.4. The van der Waals surface area contributed by atoms with E-state index in [9.17, 15) is 61.5 Å². The fraction of sp³-hybridized carbons (Fsp3) is 0.479. The van der Waals surface area contributed by atoms with Crippen molar-refractivity contribution in [2.75, 3.05) is 49.7 Å². The standard InChI is InChI=1S/C48H47ClF10N8O7S2/c1-45(2,75(3,70)71)14-12-29-8-9-30(31-10-11-34(49)39-41(31)66(25-46(52,53)54)63-44(39)67(76(4,72)73)37(69)13-15-64-16-18-74-19-17-64)40(60-29)35(22-26-20-27(50)23-28(51)21-26)61-36(68)24-65-43-38(42(62-65)48(57,58)59)32-6-5-7-33(32)47(43,55)56/h8-11,20-21,23,32-33,35H,7,12-19,22,24-25H2,1-4H3,(H,61,68)/t32-,33+,35-/m0/s1. The van der Waals surface area contributed by atoms with Crippen molar-refractivity contribution in [1.82, 2.24) is 34.8 Å². The average molecular weight is 1140 g/mol. The Morgan fingerprint density at radius 2 is 1.61 bits per heavy atom. The maximum atomic E-state index is 16.1. The number of hydrogen-bond donors (Lipinski definition) is 1. The number of carbonyl (C=O) groups is 2. The molecule has 4 heterocycles. The number of amides is 2. The topological polar surface area (TPSA) is 179 Å². The highest BCUT2D eigenvalue weighted by Crippen LogP contribution is 2.58. The third-order valence-corrected chi connectivity index (χ3v) is 17.1. The first-order valence-corrected chi connectivity index (χ1v) is 27.4. The number of alkyl halides is 8. The van der Waals surface area contributed by atoms with Gasteiger partial charge in [-0.2, -0.15) is 49.6 Å². The number of pyridine rings is 1. The Morgan fingerprint density at radius 3 is 2.22 bits per heavy atom. The molecule has 1 aliphatic heterocycles. The number of ether oxygens (including phenoxy) is 1. The molecule has 410 valence electrons. The molecule has 3 atom stereocenters. The summed E-state index contributed by atoms with van der Waals surface area (Å²) >= 11 is 6.73. The van der Waals surface area contributed by atoms with Gasteiger partial charge in [-0.05, 0) is 62.9 Å². The summed E-state index contributed by atoms with van der Waals surface area (Å²) < 4.78 is 207. The highest BCUT2D eigenvalue weighted by atomic mass is 35.5. The van der Waals surface area contributed by atoms with Gasteiger partial charge in [-0.3, -0.25) is 28.8 Å². The summed E-state index contributed by atoms with van der Waals surface area (Å²) in [5.41, 5.74) is -5.35. The van der Waals surface area contributed by atoms with Crippen molar-refractivity contribution >= 4 is 60.0 Å². The van der Waals surface area contributed by atoms with Crippen LogP contribution < -0.4 is 9.62 Å². The molecule has 1 fully saturated rings. The van der Waals surface area contributed by atoms with Gasteiger partial charge in [-0.15, -0.1) is 5.92 Å². The Labute approximate surface area is 433 Å². The lowest BCUT2D eigenvalue weighted by Crippen LogP contribution is -2.41. The Balaban J connectivity index is 1.32. The van der Waals surface area contributed by atoms with Crippen molar-refractivity contribution in [2.45, 2.75) is 94.0 Å². The van der Waals surface area contributed by atoms with Gasteiger partial charge in [0.15, 0.2) is 21.3 Å². The van der Waals surface area contributed by atoms with Gasteiger partial charge in [0.1, 0.15) is 30.4 Å². The Morgan fingerprint density at radius 1 is 0.947 bits per heavy atom. The molecule has 3 aromatic heterocycles. The number of aromatic nitrogens is 5. The lowest BCUT2D eigenvalue weighted by molar-refractivity contribution is -0.143. The fourth-order valence-corrected chi connectivity index (χ4v) is 11.2. The van der Waals surface area contributed by atoms with Gasteiger partial charge in [-0.25, -0.2) is 25.6 Å². The van der Waals surface area contributed by atoms with Gasteiger partial charge in [0, 0.05) is 67.2 Å². The van der Waals surface area contributed by atoms with Crippen LogP contribution in [0.1, 0.15) is 79.0 Å². The second-order valence-corrected chi connectivity index (χ2v) is 24.3. The summed E-state index contributed by atoms with van der Waals surface area (Å²) in [7, 11) is -8.44. The van der Waals surface area contributed by atoms with Crippen molar-refractivity contribution < 1.29 is 75.1 Å². The van der Waals surface area contributed by atoms with E-state index in [4.69, 9.17) is 21.3 Å². The molecule has 0 spiro atoms. The molecule has 5 aromatic rings. The third kappa shape index (κ3) is 11.6. The molecule has 0 unspecified atom stereocenters. The minimum atomic E-state index is -5.28. The number of rotatable bonds is 17. The van der Waals surface area contributed by atoms with E-state index in [1.54, 1.807) is 4.90 Å². The summed E-state index contributed by atoms with van der Waals surface area (Å²) in [6.45, 7) is 1.05. The van der Waals surface area contributed by atoms with Crippen LogP contribution in [0.5, 0.6) is 0 Å². The number of nitrogens with one attached hydrogen (secondary N) is 1. The van der Waals surface area contributed by atoms with E-state index in [0.29, 0.717) is 43.3 Å². The quantitative estimate of drug-likeness (QED) is 0.0707. The van der Waals surface area contributed by atoms with E-state index < -0.39 is 155 Å². The number of hydrogen-bond acceptors (Lipinski definition) is 11. The first-order valence-electron chi connectivity index (χ1n) is 23.3. The summed E-state index contributed by atoms with van der Waals surface area (Å²) in [5, 5.41) is 9.09. The third-order valence-electron chi connectivity index (χ3n) is 13.6. The summed E-state index contributed by atoms with van der Waals surface area (Å²) in [5.74, 6) is -7.94.